The van der Waals surface area contributed by atoms with Gasteiger partial charge >= 0.3 is 6.09 Å². The van der Waals surface area contributed by atoms with Crippen LogP contribution in [-0.4, -0.2) is 24.8 Å². The normalized spacial score (nSPS) is 20.9. The van der Waals surface area contributed by atoms with Crippen LogP contribution in [0.1, 0.15) is 24.8 Å². The summed E-state index contributed by atoms with van der Waals surface area (Å²) in [4.78, 5) is 12.0. The van der Waals surface area contributed by atoms with Crippen LogP contribution in [0.3, 0.4) is 0 Å². The first kappa shape index (κ1) is 14.9. The van der Waals surface area contributed by atoms with E-state index in [4.69, 9.17) is 9.47 Å². The van der Waals surface area contributed by atoms with E-state index in [1.807, 2.05) is 30.3 Å². The summed E-state index contributed by atoms with van der Waals surface area (Å²) in [6, 6.07) is 9.68. The molecule has 1 unspecified atom stereocenters. The molecular weight excluding hydrogens is 278 g/mol. The maximum atomic E-state index is 12.0. The zero-order valence-electron chi connectivity index (χ0n) is 12.5. The van der Waals surface area contributed by atoms with E-state index in [0.29, 0.717) is 6.61 Å². The standard InChI is InChI=1S/C18H21NO3/c20-18(22-12-15-9-5-2-6-10-15)19-16(17-13-21-17)11-14-7-3-1-4-8-14/h1-3,5-7,9-10,16-17H,4,8,11-13H2,(H,19,20)/t16-,17?/m1/s1. The summed E-state index contributed by atoms with van der Waals surface area (Å²) in [5.74, 6) is 0. The summed E-state index contributed by atoms with van der Waals surface area (Å²) >= 11 is 0. The molecule has 0 saturated carbocycles. The molecule has 0 bridgehead atoms. The molecule has 1 aromatic rings. The minimum Gasteiger partial charge on any atom is -0.445 e. The van der Waals surface area contributed by atoms with Crippen molar-refractivity contribution < 1.29 is 14.3 Å². The van der Waals surface area contributed by atoms with Crippen LogP contribution in [0.25, 0.3) is 0 Å². The summed E-state index contributed by atoms with van der Waals surface area (Å²) in [5.41, 5.74) is 2.34. The maximum absolute atomic E-state index is 12.0. The van der Waals surface area contributed by atoms with E-state index in [2.05, 4.69) is 23.5 Å². The zero-order valence-corrected chi connectivity index (χ0v) is 12.5. The Morgan fingerprint density at radius 1 is 1.36 bits per heavy atom. The summed E-state index contributed by atoms with van der Waals surface area (Å²) in [7, 11) is 0. The number of amides is 1. The van der Waals surface area contributed by atoms with Crippen molar-refractivity contribution >= 4 is 6.09 Å². The van der Waals surface area contributed by atoms with Crippen LogP contribution >= 0.6 is 0 Å². The average molecular weight is 299 g/mol. The number of carbonyl (C=O) groups is 1. The molecule has 116 valence electrons. The number of carbonyl (C=O) groups excluding carboxylic acids is 1. The molecule has 1 aliphatic carbocycles. The maximum Gasteiger partial charge on any atom is 0.407 e. The third-order valence-electron chi connectivity index (χ3n) is 3.91. The van der Waals surface area contributed by atoms with E-state index in [9.17, 15) is 4.79 Å². The topological polar surface area (TPSA) is 50.9 Å². The lowest BCUT2D eigenvalue weighted by molar-refractivity contribution is 0.133. The van der Waals surface area contributed by atoms with Gasteiger partial charge in [-0.25, -0.2) is 4.79 Å². The second-order valence-corrected chi connectivity index (χ2v) is 5.68. The molecule has 1 aliphatic heterocycles. The van der Waals surface area contributed by atoms with Gasteiger partial charge in [0, 0.05) is 0 Å². The van der Waals surface area contributed by atoms with Crippen LogP contribution in [0, 0.1) is 0 Å². The van der Waals surface area contributed by atoms with E-state index >= 15 is 0 Å². The SMILES string of the molecule is O=C(N[C@H](CC1=CC=CCC1)C1CO1)OCc1ccccc1. The highest BCUT2D eigenvalue weighted by atomic mass is 16.6. The van der Waals surface area contributed by atoms with E-state index < -0.39 is 0 Å². The molecular formula is C18H21NO3. The molecule has 3 rings (SSSR count). The van der Waals surface area contributed by atoms with Crippen molar-refractivity contribution in [1.82, 2.24) is 5.32 Å². The minimum atomic E-state index is -0.378. The fourth-order valence-electron chi connectivity index (χ4n) is 2.58. The Morgan fingerprint density at radius 2 is 2.18 bits per heavy atom. The Kier molecular flexibility index (Phi) is 4.91. The molecule has 4 nitrogen and oxygen atoms in total. The monoisotopic (exact) mass is 299 g/mol. The number of allylic oxidation sites excluding steroid dienone is 3. The average Bonchev–Trinajstić information content (AvgIpc) is 3.39. The summed E-state index contributed by atoms with van der Waals surface area (Å²) in [6.45, 7) is 1.00. The fraction of sp³-hybridized carbons (Fsp3) is 0.389. The lowest BCUT2D eigenvalue weighted by Gasteiger charge is -2.19. The van der Waals surface area contributed by atoms with Gasteiger partial charge in [0.05, 0.1) is 12.6 Å². The molecule has 0 aromatic heterocycles. The number of rotatable bonds is 6. The summed E-state index contributed by atoms with van der Waals surface area (Å²) < 4.78 is 10.6. The van der Waals surface area contributed by atoms with Gasteiger partial charge in [0.15, 0.2) is 0 Å². The third-order valence-corrected chi connectivity index (χ3v) is 3.91. The van der Waals surface area contributed by atoms with Gasteiger partial charge in [0.2, 0.25) is 0 Å². The third kappa shape index (κ3) is 4.46. The second-order valence-electron chi connectivity index (χ2n) is 5.68. The van der Waals surface area contributed by atoms with Gasteiger partial charge in [0.25, 0.3) is 0 Å². The Morgan fingerprint density at radius 3 is 2.86 bits per heavy atom. The van der Waals surface area contributed by atoms with Crippen molar-refractivity contribution in [3.63, 3.8) is 0 Å². The highest BCUT2D eigenvalue weighted by Gasteiger charge is 2.34. The Bertz CT molecular complexity index is 561. The Hall–Kier alpha value is -2.07. The van der Waals surface area contributed by atoms with Gasteiger partial charge in [-0.05, 0) is 24.8 Å². The number of hydrogen-bond donors (Lipinski definition) is 1. The molecule has 1 saturated heterocycles. The number of epoxide rings is 1. The highest BCUT2D eigenvalue weighted by Crippen LogP contribution is 2.24. The molecule has 0 spiro atoms. The molecule has 1 fully saturated rings. The minimum absolute atomic E-state index is 0.000948. The lowest BCUT2D eigenvalue weighted by Crippen LogP contribution is -2.39. The van der Waals surface area contributed by atoms with E-state index in [-0.39, 0.29) is 24.8 Å². The van der Waals surface area contributed by atoms with Gasteiger partial charge < -0.3 is 14.8 Å². The Balaban J connectivity index is 1.49. The molecule has 22 heavy (non-hydrogen) atoms. The van der Waals surface area contributed by atoms with Crippen LogP contribution in [0.2, 0.25) is 0 Å². The lowest BCUT2D eigenvalue weighted by atomic mass is 9.97. The summed E-state index contributed by atoms with van der Waals surface area (Å²) in [6.07, 6.45) is 9.08. The van der Waals surface area contributed by atoms with Crippen molar-refractivity contribution in [1.29, 1.82) is 0 Å². The van der Waals surface area contributed by atoms with Crippen LogP contribution < -0.4 is 5.32 Å². The number of alkyl carbamates (subject to hydrolysis) is 1. The molecule has 4 heteroatoms. The van der Waals surface area contributed by atoms with Crippen molar-refractivity contribution in [2.75, 3.05) is 6.61 Å². The molecule has 0 radical (unpaired) electrons. The predicted molar refractivity (Wildman–Crippen MR) is 84.4 cm³/mol. The largest absolute Gasteiger partial charge is 0.445 e. The van der Waals surface area contributed by atoms with Crippen molar-refractivity contribution in [3.05, 3.63) is 59.7 Å². The zero-order chi connectivity index (χ0) is 15.2. The summed E-state index contributed by atoms with van der Waals surface area (Å²) in [5, 5.41) is 2.95. The fourth-order valence-corrected chi connectivity index (χ4v) is 2.58. The van der Waals surface area contributed by atoms with Crippen LogP contribution in [-0.2, 0) is 16.1 Å². The van der Waals surface area contributed by atoms with Crippen LogP contribution in [0.5, 0.6) is 0 Å². The molecule has 2 aliphatic rings. The van der Waals surface area contributed by atoms with Gasteiger partial charge in [-0.3, -0.25) is 0 Å². The molecule has 2 atom stereocenters. The highest BCUT2D eigenvalue weighted by molar-refractivity contribution is 5.67. The smallest absolute Gasteiger partial charge is 0.407 e. The van der Waals surface area contributed by atoms with Crippen molar-refractivity contribution in [2.24, 2.45) is 0 Å². The first-order valence-corrected chi connectivity index (χ1v) is 7.74. The van der Waals surface area contributed by atoms with Crippen molar-refractivity contribution in [2.45, 2.75) is 38.0 Å². The van der Waals surface area contributed by atoms with Crippen molar-refractivity contribution in [3.8, 4) is 0 Å². The van der Waals surface area contributed by atoms with E-state index in [1.54, 1.807) is 0 Å². The van der Waals surface area contributed by atoms with Gasteiger partial charge in [0.1, 0.15) is 12.7 Å². The number of benzene rings is 1. The predicted octanol–water partition coefficient (Wildman–Crippen LogP) is 3.35. The number of hydrogen-bond acceptors (Lipinski definition) is 3. The molecule has 1 amide bonds. The molecule has 1 heterocycles. The van der Waals surface area contributed by atoms with Gasteiger partial charge in [-0.1, -0.05) is 54.1 Å². The molecule has 1 N–H and O–H groups in total. The molecule has 1 aromatic carbocycles. The van der Waals surface area contributed by atoms with Gasteiger partial charge in [-0.15, -0.1) is 0 Å². The second kappa shape index (κ2) is 7.27. The Labute approximate surface area is 130 Å². The van der Waals surface area contributed by atoms with Crippen LogP contribution in [0.4, 0.5) is 4.79 Å². The number of ether oxygens (including phenoxy) is 2. The van der Waals surface area contributed by atoms with Gasteiger partial charge in [-0.2, -0.15) is 0 Å². The first-order chi connectivity index (χ1) is 10.8. The van der Waals surface area contributed by atoms with E-state index in [1.165, 1.54) is 5.57 Å². The quantitative estimate of drug-likeness (QED) is 0.820. The van der Waals surface area contributed by atoms with E-state index in [0.717, 1.165) is 24.8 Å². The first-order valence-electron chi connectivity index (χ1n) is 7.74. The number of nitrogens with one attached hydrogen (secondary N) is 1. The van der Waals surface area contributed by atoms with Crippen LogP contribution in [0.15, 0.2) is 54.1 Å².